The van der Waals surface area contributed by atoms with Crippen molar-refractivity contribution in [3.8, 4) is 11.5 Å². The lowest BCUT2D eigenvalue weighted by atomic mass is 10.0. The molecule has 3 aromatic carbocycles. The molecule has 6 heteroatoms. The maximum absolute atomic E-state index is 13.2. The van der Waals surface area contributed by atoms with Gasteiger partial charge in [-0.15, -0.1) is 0 Å². The van der Waals surface area contributed by atoms with E-state index in [1.54, 1.807) is 12.0 Å². The molecule has 4 nitrogen and oxygen atoms in total. The van der Waals surface area contributed by atoms with Gasteiger partial charge >= 0.3 is 0 Å². The molecule has 0 unspecified atom stereocenters. The van der Waals surface area contributed by atoms with Crippen LogP contribution in [0.25, 0.3) is 16.8 Å². The molecule has 30 heavy (non-hydrogen) atoms. The van der Waals surface area contributed by atoms with E-state index in [2.05, 4.69) is 13.0 Å². The molecule has 1 saturated heterocycles. The van der Waals surface area contributed by atoms with Gasteiger partial charge in [-0.25, -0.2) is 0 Å². The molecule has 3 aromatic rings. The van der Waals surface area contributed by atoms with Crippen LogP contribution < -0.4 is 14.4 Å². The average molecular weight is 436 g/mol. The summed E-state index contributed by atoms with van der Waals surface area (Å²) in [5, 5.41) is 2.14. The minimum atomic E-state index is -0.135. The fourth-order valence-corrected chi connectivity index (χ4v) is 4.60. The Morgan fingerprint density at radius 3 is 2.57 bits per heavy atom. The van der Waals surface area contributed by atoms with Crippen LogP contribution in [0, 0.1) is 0 Å². The van der Waals surface area contributed by atoms with Crippen LogP contribution in [0.2, 0.25) is 0 Å². The van der Waals surface area contributed by atoms with E-state index < -0.39 is 0 Å². The summed E-state index contributed by atoms with van der Waals surface area (Å²) in [6.07, 6.45) is 2.81. The van der Waals surface area contributed by atoms with Crippen LogP contribution in [0.1, 0.15) is 18.9 Å². The highest BCUT2D eigenvalue weighted by molar-refractivity contribution is 8.27. The summed E-state index contributed by atoms with van der Waals surface area (Å²) in [4.78, 5) is 15.3. The number of fused-ring (bicyclic) bond motifs is 1. The van der Waals surface area contributed by atoms with Gasteiger partial charge in [0.05, 0.1) is 24.3 Å². The van der Waals surface area contributed by atoms with Gasteiger partial charge in [-0.3, -0.25) is 9.69 Å². The number of thioether (sulfide) groups is 1. The molecule has 1 fully saturated rings. The summed E-state index contributed by atoms with van der Waals surface area (Å²) in [6.45, 7) is 2.69. The normalized spacial score (nSPS) is 15.3. The molecule has 152 valence electrons. The van der Waals surface area contributed by atoms with Gasteiger partial charge in [0.25, 0.3) is 5.91 Å². The van der Waals surface area contributed by atoms with Crippen molar-refractivity contribution < 1.29 is 14.3 Å². The van der Waals surface area contributed by atoms with Crippen LogP contribution in [0.3, 0.4) is 0 Å². The predicted molar refractivity (Wildman–Crippen MR) is 128 cm³/mol. The van der Waals surface area contributed by atoms with E-state index in [9.17, 15) is 4.79 Å². The van der Waals surface area contributed by atoms with Gasteiger partial charge in [0, 0.05) is 5.56 Å². The lowest BCUT2D eigenvalue weighted by Crippen LogP contribution is -2.27. The molecule has 0 aromatic heterocycles. The number of nitrogens with zero attached hydrogens (tertiary/aromatic N) is 1. The number of ether oxygens (including phenoxy) is 2. The third kappa shape index (κ3) is 3.93. The number of anilines is 1. The van der Waals surface area contributed by atoms with Crippen LogP contribution in [0.15, 0.2) is 65.6 Å². The molecule has 1 aliphatic heterocycles. The van der Waals surface area contributed by atoms with E-state index in [4.69, 9.17) is 21.7 Å². The Labute approximate surface area is 185 Å². The molecular formula is C24H21NO3S2. The zero-order chi connectivity index (χ0) is 21.1. The topological polar surface area (TPSA) is 38.8 Å². The van der Waals surface area contributed by atoms with Gasteiger partial charge in [-0.1, -0.05) is 61.2 Å². The first kappa shape index (κ1) is 20.4. The van der Waals surface area contributed by atoms with Crippen LogP contribution in [-0.4, -0.2) is 23.9 Å². The minimum absolute atomic E-state index is 0.135. The second kappa shape index (κ2) is 8.90. The average Bonchev–Trinajstić information content (AvgIpc) is 3.06. The number of amides is 1. The van der Waals surface area contributed by atoms with E-state index in [1.165, 1.54) is 11.8 Å². The SMILES string of the molecule is CCCOc1ccc2ccccc2c1/C=C1/SC(=S)N(c2ccc(OC)cc2)C1=O. The molecule has 0 bridgehead atoms. The molecule has 0 N–H and O–H groups in total. The first-order valence-electron chi connectivity index (χ1n) is 9.69. The molecule has 0 saturated carbocycles. The number of methoxy groups -OCH3 is 1. The summed E-state index contributed by atoms with van der Waals surface area (Å²) in [5.41, 5.74) is 1.62. The Hall–Kier alpha value is -2.83. The molecule has 0 atom stereocenters. The van der Waals surface area contributed by atoms with Crippen LogP contribution >= 0.6 is 24.0 Å². The second-order valence-electron chi connectivity index (χ2n) is 6.76. The standard InChI is InChI=1S/C24H21NO3S2/c1-3-14-28-21-13-8-16-6-4-5-7-19(16)20(21)15-22-23(26)25(24(29)30-22)17-9-11-18(27-2)12-10-17/h4-13,15H,3,14H2,1-2H3/b22-15+. The van der Waals surface area contributed by atoms with Crippen LogP contribution in [-0.2, 0) is 4.79 Å². The summed E-state index contributed by atoms with van der Waals surface area (Å²) >= 11 is 6.82. The minimum Gasteiger partial charge on any atom is -0.497 e. The number of hydrogen-bond acceptors (Lipinski definition) is 5. The molecule has 0 radical (unpaired) electrons. The summed E-state index contributed by atoms with van der Waals surface area (Å²) in [5.74, 6) is 1.36. The quantitative estimate of drug-likeness (QED) is 0.348. The van der Waals surface area contributed by atoms with E-state index in [0.29, 0.717) is 15.8 Å². The smallest absolute Gasteiger partial charge is 0.270 e. The van der Waals surface area contributed by atoms with E-state index in [-0.39, 0.29) is 5.91 Å². The fraction of sp³-hybridized carbons (Fsp3) is 0.167. The molecule has 4 rings (SSSR count). The lowest BCUT2D eigenvalue weighted by Gasteiger charge is -2.15. The van der Waals surface area contributed by atoms with Crippen molar-refractivity contribution in [3.05, 3.63) is 71.1 Å². The Kier molecular flexibility index (Phi) is 6.06. The zero-order valence-electron chi connectivity index (χ0n) is 16.8. The van der Waals surface area contributed by atoms with E-state index in [0.717, 1.165) is 39.9 Å². The van der Waals surface area contributed by atoms with Gasteiger partial charge in [0.1, 0.15) is 11.5 Å². The molecule has 1 amide bonds. The monoisotopic (exact) mass is 435 g/mol. The Morgan fingerprint density at radius 1 is 1.07 bits per heavy atom. The molecule has 0 aliphatic carbocycles. The Bertz CT molecular complexity index is 1140. The van der Waals surface area contributed by atoms with Gasteiger partial charge in [-0.2, -0.15) is 0 Å². The molecule has 1 heterocycles. The Morgan fingerprint density at radius 2 is 1.83 bits per heavy atom. The van der Waals surface area contributed by atoms with E-state index in [1.807, 2.05) is 60.7 Å². The van der Waals surface area contributed by atoms with Gasteiger partial charge in [-0.05, 0) is 53.6 Å². The third-order valence-electron chi connectivity index (χ3n) is 4.79. The van der Waals surface area contributed by atoms with Crippen molar-refractivity contribution in [3.63, 3.8) is 0 Å². The first-order valence-corrected chi connectivity index (χ1v) is 10.9. The van der Waals surface area contributed by atoms with Crippen molar-refractivity contribution >= 4 is 56.7 Å². The maximum Gasteiger partial charge on any atom is 0.270 e. The van der Waals surface area contributed by atoms with Crippen molar-refractivity contribution in [2.45, 2.75) is 13.3 Å². The van der Waals surface area contributed by atoms with Crippen LogP contribution in [0.4, 0.5) is 5.69 Å². The number of benzene rings is 3. The van der Waals surface area contributed by atoms with Gasteiger partial charge < -0.3 is 9.47 Å². The molecule has 0 spiro atoms. The van der Waals surface area contributed by atoms with Gasteiger partial charge in [0.15, 0.2) is 4.32 Å². The molecular weight excluding hydrogens is 414 g/mol. The number of thiocarbonyl (C=S) groups is 1. The summed E-state index contributed by atoms with van der Waals surface area (Å²) in [6, 6.07) is 19.4. The summed E-state index contributed by atoms with van der Waals surface area (Å²) in [7, 11) is 1.61. The largest absolute Gasteiger partial charge is 0.497 e. The zero-order valence-corrected chi connectivity index (χ0v) is 18.4. The number of rotatable bonds is 6. The third-order valence-corrected chi connectivity index (χ3v) is 6.09. The second-order valence-corrected chi connectivity index (χ2v) is 8.44. The Balaban J connectivity index is 1.75. The highest BCUT2D eigenvalue weighted by Gasteiger charge is 2.33. The lowest BCUT2D eigenvalue weighted by molar-refractivity contribution is -0.113. The fourth-order valence-electron chi connectivity index (χ4n) is 3.32. The van der Waals surface area contributed by atoms with Crippen molar-refractivity contribution in [1.82, 2.24) is 0 Å². The first-order chi connectivity index (χ1) is 14.6. The van der Waals surface area contributed by atoms with Gasteiger partial charge in [0.2, 0.25) is 0 Å². The van der Waals surface area contributed by atoms with Crippen molar-refractivity contribution in [2.75, 3.05) is 18.6 Å². The van der Waals surface area contributed by atoms with E-state index >= 15 is 0 Å². The van der Waals surface area contributed by atoms with Crippen molar-refractivity contribution in [1.29, 1.82) is 0 Å². The summed E-state index contributed by atoms with van der Waals surface area (Å²) < 4.78 is 11.7. The number of carbonyl (C=O) groups excluding carboxylic acids is 1. The predicted octanol–water partition coefficient (Wildman–Crippen LogP) is 6.04. The highest BCUT2D eigenvalue weighted by Crippen LogP contribution is 2.39. The number of hydrogen-bond donors (Lipinski definition) is 0. The number of carbonyl (C=O) groups is 1. The van der Waals surface area contributed by atoms with Crippen LogP contribution in [0.5, 0.6) is 11.5 Å². The maximum atomic E-state index is 13.2. The van der Waals surface area contributed by atoms with Crippen molar-refractivity contribution in [2.24, 2.45) is 0 Å². The molecule has 1 aliphatic rings. The highest BCUT2D eigenvalue weighted by atomic mass is 32.2.